The second kappa shape index (κ2) is 1.84. The smallest absolute Gasteiger partial charge is 0.152 e. The summed E-state index contributed by atoms with van der Waals surface area (Å²) in [6.07, 6.45) is 3.49. The van der Waals surface area contributed by atoms with Gasteiger partial charge in [-0.2, -0.15) is 0 Å². The molecule has 2 rings (SSSR count). The molecule has 0 aromatic carbocycles. The number of furan rings is 1. The molecule has 0 N–H and O–H groups in total. The zero-order chi connectivity index (χ0) is 6.97. The Morgan fingerprint density at radius 3 is 3.20 bits per heavy atom. The Morgan fingerprint density at radius 2 is 2.40 bits per heavy atom. The van der Waals surface area contributed by atoms with Crippen LogP contribution in [0.4, 0.5) is 0 Å². The molecule has 0 aliphatic rings. The second-order valence-corrected chi connectivity index (χ2v) is 2.27. The summed E-state index contributed by atoms with van der Waals surface area (Å²) in [5, 5.41) is 1.12. The molecular formula is C8H7NO. The molecule has 0 fully saturated rings. The van der Waals surface area contributed by atoms with Crippen molar-refractivity contribution in [1.82, 2.24) is 4.98 Å². The largest absolute Gasteiger partial charge is 0.460 e. The van der Waals surface area contributed by atoms with Gasteiger partial charge in [-0.15, -0.1) is 0 Å². The van der Waals surface area contributed by atoms with Gasteiger partial charge in [0.2, 0.25) is 0 Å². The van der Waals surface area contributed by atoms with Crippen LogP contribution in [0.5, 0.6) is 0 Å². The van der Waals surface area contributed by atoms with Crippen LogP contribution in [0.25, 0.3) is 11.0 Å². The van der Waals surface area contributed by atoms with Gasteiger partial charge in [0.25, 0.3) is 0 Å². The Balaban J connectivity index is 2.88. The molecule has 0 atom stereocenters. The van der Waals surface area contributed by atoms with Crippen LogP contribution in [-0.4, -0.2) is 4.98 Å². The molecule has 0 saturated heterocycles. The minimum atomic E-state index is 0.861. The predicted octanol–water partition coefficient (Wildman–Crippen LogP) is 2.14. The van der Waals surface area contributed by atoms with Crippen molar-refractivity contribution >= 4 is 11.0 Å². The van der Waals surface area contributed by atoms with E-state index in [-0.39, 0.29) is 0 Å². The maximum absolute atomic E-state index is 5.31. The molecule has 2 nitrogen and oxygen atoms in total. The van der Waals surface area contributed by atoms with Gasteiger partial charge >= 0.3 is 0 Å². The number of rotatable bonds is 0. The van der Waals surface area contributed by atoms with Gasteiger partial charge in [0.1, 0.15) is 5.76 Å². The van der Waals surface area contributed by atoms with E-state index >= 15 is 0 Å². The van der Waals surface area contributed by atoms with Gasteiger partial charge in [-0.05, 0) is 19.1 Å². The first kappa shape index (κ1) is 5.47. The summed E-state index contributed by atoms with van der Waals surface area (Å²) in [6, 6.07) is 3.93. The fraction of sp³-hybridized carbons (Fsp3) is 0.125. The van der Waals surface area contributed by atoms with E-state index in [2.05, 4.69) is 4.98 Å². The lowest BCUT2D eigenvalue weighted by Crippen LogP contribution is -1.65. The van der Waals surface area contributed by atoms with Crippen LogP contribution in [-0.2, 0) is 0 Å². The molecule has 0 bridgehead atoms. The minimum Gasteiger partial charge on any atom is -0.460 e. The molecule has 0 unspecified atom stereocenters. The van der Waals surface area contributed by atoms with Crippen molar-refractivity contribution < 1.29 is 4.42 Å². The van der Waals surface area contributed by atoms with Crippen LogP contribution in [0.2, 0.25) is 0 Å². The SMILES string of the molecule is Cc1cc2ccncc2o1. The van der Waals surface area contributed by atoms with E-state index in [0.29, 0.717) is 0 Å². The average Bonchev–Trinajstić information content (AvgIpc) is 2.27. The van der Waals surface area contributed by atoms with Crippen LogP contribution in [0, 0.1) is 6.92 Å². The molecule has 0 spiro atoms. The lowest BCUT2D eigenvalue weighted by atomic mass is 10.3. The monoisotopic (exact) mass is 133 g/mol. The first-order chi connectivity index (χ1) is 4.86. The Labute approximate surface area is 58.5 Å². The molecule has 2 heteroatoms. The van der Waals surface area contributed by atoms with Gasteiger partial charge in [0.15, 0.2) is 5.58 Å². The van der Waals surface area contributed by atoms with Crippen molar-refractivity contribution in [2.45, 2.75) is 6.92 Å². The van der Waals surface area contributed by atoms with Crippen LogP contribution < -0.4 is 0 Å². The quantitative estimate of drug-likeness (QED) is 0.550. The van der Waals surface area contributed by atoms with Crippen LogP contribution in [0.3, 0.4) is 0 Å². The number of aromatic nitrogens is 1. The van der Waals surface area contributed by atoms with Gasteiger partial charge in [-0.3, -0.25) is 4.98 Å². The zero-order valence-electron chi connectivity index (χ0n) is 5.66. The normalized spacial score (nSPS) is 10.5. The highest BCUT2D eigenvalue weighted by Crippen LogP contribution is 2.15. The van der Waals surface area contributed by atoms with Gasteiger partial charge in [0, 0.05) is 11.6 Å². The van der Waals surface area contributed by atoms with Crippen LogP contribution in [0.1, 0.15) is 5.76 Å². The summed E-state index contributed by atoms with van der Waals surface area (Å²) in [6.45, 7) is 1.93. The van der Waals surface area contributed by atoms with E-state index in [1.807, 2.05) is 19.1 Å². The minimum absolute atomic E-state index is 0.861. The van der Waals surface area contributed by atoms with Crippen molar-refractivity contribution in [2.75, 3.05) is 0 Å². The number of hydrogen-bond acceptors (Lipinski definition) is 2. The van der Waals surface area contributed by atoms with E-state index < -0.39 is 0 Å². The molecular weight excluding hydrogens is 126 g/mol. The van der Waals surface area contributed by atoms with Gasteiger partial charge in [-0.1, -0.05) is 0 Å². The molecule has 0 aliphatic heterocycles. The number of nitrogens with zero attached hydrogens (tertiary/aromatic N) is 1. The molecule has 0 radical (unpaired) electrons. The Bertz CT molecular complexity index is 318. The molecule has 2 aromatic heterocycles. The van der Waals surface area contributed by atoms with Crippen LogP contribution >= 0.6 is 0 Å². The van der Waals surface area contributed by atoms with Crippen molar-refractivity contribution in [3.8, 4) is 0 Å². The molecule has 50 valence electrons. The van der Waals surface area contributed by atoms with Crippen LogP contribution in [0.15, 0.2) is 28.9 Å². The van der Waals surface area contributed by atoms with E-state index in [1.54, 1.807) is 12.4 Å². The molecule has 0 saturated carbocycles. The zero-order valence-corrected chi connectivity index (χ0v) is 5.66. The molecule has 0 aliphatic carbocycles. The highest BCUT2D eigenvalue weighted by Gasteiger charge is 1.96. The predicted molar refractivity (Wildman–Crippen MR) is 38.7 cm³/mol. The maximum Gasteiger partial charge on any atom is 0.152 e. The fourth-order valence-electron chi connectivity index (χ4n) is 1.02. The molecule has 2 heterocycles. The average molecular weight is 133 g/mol. The van der Waals surface area contributed by atoms with Gasteiger partial charge in [-0.25, -0.2) is 0 Å². The first-order valence-corrected chi connectivity index (χ1v) is 3.16. The lowest BCUT2D eigenvalue weighted by Gasteiger charge is -1.81. The summed E-state index contributed by atoms with van der Waals surface area (Å²) >= 11 is 0. The number of hydrogen-bond donors (Lipinski definition) is 0. The Morgan fingerprint density at radius 1 is 1.50 bits per heavy atom. The third-order valence-corrected chi connectivity index (χ3v) is 1.45. The van der Waals surface area contributed by atoms with E-state index in [0.717, 1.165) is 16.7 Å². The highest BCUT2D eigenvalue weighted by atomic mass is 16.3. The number of fused-ring (bicyclic) bond motifs is 1. The number of pyridine rings is 1. The first-order valence-electron chi connectivity index (χ1n) is 3.16. The number of aryl methyl sites for hydroxylation is 1. The summed E-state index contributed by atoms with van der Waals surface area (Å²) in [7, 11) is 0. The molecule has 0 amide bonds. The van der Waals surface area contributed by atoms with Crippen molar-refractivity contribution in [3.63, 3.8) is 0 Å². The van der Waals surface area contributed by atoms with Crippen molar-refractivity contribution in [2.24, 2.45) is 0 Å². The summed E-state index contributed by atoms with van der Waals surface area (Å²) in [5.74, 6) is 0.933. The van der Waals surface area contributed by atoms with Gasteiger partial charge in [0.05, 0.1) is 6.20 Å². The second-order valence-electron chi connectivity index (χ2n) is 2.27. The lowest BCUT2D eigenvalue weighted by molar-refractivity contribution is 0.577. The van der Waals surface area contributed by atoms with E-state index in [9.17, 15) is 0 Å². The summed E-state index contributed by atoms with van der Waals surface area (Å²) in [4.78, 5) is 3.93. The highest BCUT2D eigenvalue weighted by molar-refractivity contribution is 5.76. The topological polar surface area (TPSA) is 26.0 Å². The maximum atomic E-state index is 5.31. The van der Waals surface area contributed by atoms with Crippen molar-refractivity contribution in [3.05, 3.63) is 30.3 Å². The Kier molecular flexibility index (Phi) is 1.01. The Hall–Kier alpha value is -1.31. The molecule has 10 heavy (non-hydrogen) atoms. The summed E-state index contributed by atoms with van der Waals surface area (Å²) < 4.78 is 5.31. The molecule has 2 aromatic rings. The van der Waals surface area contributed by atoms with Crippen molar-refractivity contribution in [1.29, 1.82) is 0 Å². The van der Waals surface area contributed by atoms with Gasteiger partial charge < -0.3 is 4.42 Å². The third-order valence-electron chi connectivity index (χ3n) is 1.45. The van der Waals surface area contributed by atoms with E-state index in [4.69, 9.17) is 4.42 Å². The van der Waals surface area contributed by atoms with E-state index in [1.165, 1.54) is 0 Å². The third kappa shape index (κ3) is 0.692. The standard InChI is InChI=1S/C8H7NO/c1-6-4-7-2-3-9-5-8(7)10-6/h2-5H,1H3. The summed E-state index contributed by atoms with van der Waals surface area (Å²) in [5.41, 5.74) is 0.861. The fourth-order valence-corrected chi connectivity index (χ4v) is 1.02.